The summed E-state index contributed by atoms with van der Waals surface area (Å²) in [5.74, 6) is 0. The normalized spacial score (nSPS) is 24.2. The molecule has 2 aromatic rings. The third-order valence-electron chi connectivity index (χ3n) is 5.85. The number of rotatable bonds is 2. The molecule has 4 nitrogen and oxygen atoms in total. The van der Waals surface area contributed by atoms with E-state index in [1.807, 2.05) is 18.2 Å². The number of piperazine rings is 1. The topological polar surface area (TPSA) is 52.7 Å². The van der Waals surface area contributed by atoms with E-state index in [-0.39, 0.29) is 12.1 Å². The zero-order chi connectivity index (χ0) is 17.4. The van der Waals surface area contributed by atoms with Crippen molar-refractivity contribution in [1.29, 1.82) is 0 Å². The van der Waals surface area contributed by atoms with Gasteiger partial charge < -0.3 is 15.7 Å². The Morgan fingerprint density at radius 3 is 2.48 bits per heavy atom. The Morgan fingerprint density at radius 1 is 0.960 bits per heavy atom. The van der Waals surface area contributed by atoms with Gasteiger partial charge in [0.2, 0.25) is 0 Å². The van der Waals surface area contributed by atoms with Gasteiger partial charge in [0.15, 0.2) is 0 Å². The molecule has 3 N–H and O–H groups in total. The van der Waals surface area contributed by atoms with Gasteiger partial charge in [-0.3, -0.25) is 4.90 Å². The van der Waals surface area contributed by atoms with Crippen molar-refractivity contribution in [1.82, 2.24) is 4.90 Å². The average Bonchev–Trinajstić information content (AvgIpc) is 2.62. The average molecular weight is 337 g/mol. The van der Waals surface area contributed by atoms with Crippen LogP contribution in [0.25, 0.3) is 0 Å². The molecule has 2 aliphatic rings. The summed E-state index contributed by atoms with van der Waals surface area (Å²) in [7, 11) is 0. The lowest BCUT2D eigenvalue weighted by Gasteiger charge is -2.44. The van der Waals surface area contributed by atoms with Crippen LogP contribution in [-0.4, -0.2) is 48.3 Å². The number of aliphatic hydroxyl groups is 1. The number of aliphatic hydroxyl groups excluding tert-OH is 1. The molecule has 0 saturated carbocycles. The number of hydrogen-bond acceptors (Lipinski definition) is 4. The number of benzene rings is 2. The summed E-state index contributed by atoms with van der Waals surface area (Å²) in [4.78, 5) is 4.83. The Bertz CT molecular complexity index is 753. The molecule has 0 amide bonds. The van der Waals surface area contributed by atoms with Crippen LogP contribution in [0.2, 0.25) is 0 Å². The highest BCUT2D eigenvalue weighted by molar-refractivity contribution is 5.67. The standard InChI is InChI=1S/C21H27N3O/c1-15-5-4-6-16-13-21(25)20(14-17(15)16)24-11-9-23(10-12-24)19-8-3-2-7-18(19)22/h2-8,20-21,25H,9-14,22H2,1H3. The second-order valence-corrected chi connectivity index (χ2v) is 7.34. The lowest BCUT2D eigenvalue weighted by atomic mass is 9.83. The predicted molar refractivity (Wildman–Crippen MR) is 103 cm³/mol. The molecule has 0 spiro atoms. The van der Waals surface area contributed by atoms with Crippen LogP contribution >= 0.6 is 0 Å². The van der Waals surface area contributed by atoms with Gasteiger partial charge in [0.05, 0.1) is 17.5 Å². The Labute approximate surface area is 149 Å². The summed E-state index contributed by atoms with van der Waals surface area (Å²) in [6, 6.07) is 14.8. The lowest BCUT2D eigenvalue weighted by Crippen LogP contribution is -2.56. The van der Waals surface area contributed by atoms with E-state index in [0.717, 1.165) is 50.4 Å². The molecule has 0 radical (unpaired) electrons. The van der Waals surface area contributed by atoms with E-state index < -0.39 is 0 Å². The number of nitrogens with two attached hydrogens (primary N) is 1. The van der Waals surface area contributed by atoms with Crippen molar-refractivity contribution in [2.45, 2.75) is 31.9 Å². The maximum atomic E-state index is 10.7. The first-order chi connectivity index (χ1) is 12.1. The second-order valence-electron chi connectivity index (χ2n) is 7.34. The molecule has 4 rings (SSSR count). The number of nitrogens with zero attached hydrogens (tertiary/aromatic N) is 2. The molecule has 2 atom stereocenters. The highest BCUT2D eigenvalue weighted by Gasteiger charge is 2.33. The van der Waals surface area contributed by atoms with Crippen LogP contribution < -0.4 is 10.6 Å². The third kappa shape index (κ3) is 3.12. The zero-order valence-electron chi connectivity index (χ0n) is 14.9. The fourth-order valence-corrected chi connectivity index (χ4v) is 4.40. The molecular formula is C21H27N3O. The van der Waals surface area contributed by atoms with Gasteiger partial charge in [-0.05, 0) is 42.2 Å². The van der Waals surface area contributed by atoms with Crippen LogP contribution in [-0.2, 0) is 12.8 Å². The molecule has 1 fully saturated rings. The van der Waals surface area contributed by atoms with E-state index in [2.05, 4.69) is 41.0 Å². The van der Waals surface area contributed by atoms with Gasteiger partial charge in [0, 0.05) is 38.6 Å². The third-order valence-corrected chi connectivity index (χ3v) is 5.85. The van der Waals surface area contributed by atoms with Gasteiger partial charge in [-0.25, -0.2) is 0 Å². The number of aryl methyl sites for hydroxylation is 1. The first kappa shape index (κ1) is 16.4. The Morgan fingerprint density at radius 2 is 1.72 bits per heavy atom. The van der Waals surface area contributed by atoms with Gasteiger partial charge in [-0.1, -0.05) is 30.3 Å². The van der Waals surface area contributed by atoms with Crippen molar-refractivity contribution in [3.05, 3.63) is 59.2 Å². The van der Waals surface area contributed by atoms with E-state index in [0.29, 0.717) is 0 Å². The minimum atomic E-state index is -0.275. The Hall–Kier alpha value is -2.04. The van der Waals surface area contributed by atoms with Crippen LogP contribution in [0, 0.1) is 6.92 Å². The molecule has 4 heteroatoms. The van der Waals surface area contributed by atoms with Gasteiger partial charge >= 0.3 is 0 Å². The highest BCUT2D eigenvalue weighted by atomic mass is 16.3. The molecular weight excluding hydrogens is 310 g/mol. The second kappa shape index (κ2) is 6.70. The molecule has 1 aliphatic carbocycles. The Kier molecular flexibility index (Phi) is 4.40. The summed E-state index contributed by atoms with van der Waals surface area (Å²) in [5, 5.41) is 10.7. The van der Waals surface area contributed by atoms with Crippen molar-refractivity contribution in [3.63, 3.8) is 0 Å². The van der Waals surface area contributed by atoms with Gasteiger partial charge in [-0.2, -0.15) is 0 Å². The molecule has 0 aromatic heterocycles. The number of nitrogen functional groups attached to an aromatic ring is 1. The highest BCUT2D eigenvalue weighted by Crippen LogP contribution is 2.29. The van der Waals surface area contributed by atoms with Gasteiger partial charge in [0.1, 0.15) is 0 Å². The summed E-state index contributed by atoms with van der Waals surface area (Å²) < 4.78 is 0. The predicted octanol–water partition coefficient (Wildman–Crippen LogP) is 2.23. The largest absolute Gasteiger partial charge is 0.397 e. The smallest absolute Gasteiger partial charge is 0.0739 e. The lowest BCUT2D eigenvalue weighted by molar-refractivity contribution is 0.0394. The minimum Gasteiger partial charge on any atom is -0.397 e. The maximum absolute atomic E-state index is 10.7. The number of anilines is 2. The molecule has 1 heterocycles. The molecule has 132 valence electrons. The molecule has 25 heavy (non-hydrogen) atoms. The van der Waals surface area contributed by atoms with Crippen LogP contribution in [0.5, 0.6) is 0 Å². The summed E-state index contributed by atoms with van der Waals surface area (Å²) in [5.41, 5.74) is 12.2. The monoisotopic (exact) mass is 337 g/mol. The number of hydrogen-bond donors (Lipinski definition) is 2. The fourth-order valence-electron chi connectivity index (χ4n) is 4.40. The van der Waals surface area contributed by atoms with Crippen LogP contribution in [0.4, 0.5) is 11.4 Å². The van der Waals surface area contributed by atoms with E-state index >= 15 is 0 Å². The zero-order valence-corrected chi connectivity index (χ0v) is 14.9. The van der Waals surface area contributed by atoms with Gasteiger partial charge in [-0.15, -0.1) is 0 Å². The molecule has 2 aromatic carbocycles. The van der Waals surface area contributed by atoms with Gasteiger partial charge in [0.25, 0.3) is 0 Å². The van der Waals surface area contributed by atoms with Crippen LogP contribution in [0.15, 0.2) is 42.5 Å². The van der Waals surface area contributed by atoms with Crippen LogP contribution in [0.1, 0.15) is 16.7 Å². The summed E-state index contributed by atoms with van der Waals surface area (Å²) >= 11 is 0. The van der Waals surface area contributed by atoms with Crippen molar-refractivity contribution in [3.8, 4) is 0 Å². The minimum absolute atomic E-state index is 0.226. The maximum Gasteiger partial charge on any atom is 0.0739 e. The molecule has 1 aliphatic heterocycles. The quantitative estimate of drug-likeness (QED) is 0.825. The molecule has 0 bridgehead atoms. The van der Waals surface area contributed by atoms with Crippen LogP contribution in [0.3, 0.4) is 0 Å². The van der Waals surface area contributed by atoms with E-state index in [9.17, 15) is 5.11 Å². The first-order valence-electron chi connectivity index (χ1n) is 9.22. The van der Waals surface area contributed by atoms with E-state index in [4.69, 9.17) is 5.73 Å². The summed E-state index contributed by atoms with van der Waals surface area (Å²) in [6.45, 7) is 6.04. The first-order valence-corrected chi connectivity index (χ1v) is 9.22. The summed E-state index contributed by atoms with van der Waals surface area (Å²) in [6.07, 6.45) is 1.45. The van der Waals surface area contributed by atoms with Crippen molar-refractivity contribution in [2.75, 3.05) is 36.8 Å². The van der Waals surface area contributed by atoms with Crippen molar-refractivity contribution < 1.29 is 5.11 Å². The van der Waals surface area contributed by atoms with Crippen molar-refractivity contribution in [2.24, 2.45) is 0 Å². The SMILES string of the molecule is Cc1cccc2c1CC(N1CCN(c3ccccc3N)CC1)C(O)C2. The van der Waals surface area contributed by atoms with E-state index in [1.165, 1.54) is 16.7 Å². The fraction of sp³-hybridized carbons (Fsp3) is 0.429. The van der Waals surface area contributed by atoms with E-state index in [1.54, 1.807) is 0 Å². The molecule has 1 saturated heterocycles. The Balaban J connectivity index is 1.46. The number of para-hydroxylation sites is 2. The molecule has 2 unspecified atom stereocenters. The number of fused-ring (bicyclic) bond motifs is 1. The van der Waals surface area contributed by atoms with Crippen molar-refractivity contribution >= 4 is 11.4 Å².